The molecule has 0 bridgehead atoms. The van der Waals surface area contributed by atoms with Gasteiger partial charge in [-0.25, -0.2) is 0 Å². The van der Waals surface area contributed by atoms with Crippen molar-refractivity contribution in [1.29, 1.82) is 0 Å². The molecule has 1 N–H and O–H groups in total. The minimum absolute atomic E-state index is 0.224. The fraction of sp³-hybridized carbons (Fsp3) is 0.300. The number of nitrogens with zero attached hydrogens (tertiary/aromatic N) is 1. The average Bonchev–Trinajstić information content (AvgIpc) is 2.86. The monoisotopic (exact) mass is 385 g/mol. The molecule has 124 valence electrons. The van der Waals surface area contributed by atoms with Crippen molar-refractivity contribution >= 4 is 26.8 Å². The molecule has 1 heterocycles. The number of hydrogen-bond acceptors (Lipinski definition) is 2. The Morgan fingerprint density at radius 1 is 1.17 bits per heavy atom. The molecule has 1 atom stereocenters. The number of benzene rings is 2. The van der Waals surface area contributed by atoms with Crippen molar-refractivity contribution in [2.75, 3.05) is 7.11 Å². The lowest BCUT2D eigenvalue weighted by Gasteiger charge is -2.37. The lowest BCUT2D eigenvalue weighted by molar-refractivity contribution is 0.210. The van der Waals surface area contributed by atoms with E-state index in [1.165, 1.54) is 0 Å². The minimum Gasteiger partial charge on any atom is -0.497 e. The predicted octanol–water partition coefficient (Wildman–Crippen LogP) is 4.67. The molecular formula is C20H20BrNO2. The Kier molecular flexibility index (Phi) is 3.35. The van der Waals surface area contributed by atoms with Gasteiger partial charge in [-0.2, -0.15) is 0 Å². The Bertz CT molecular complexity index is 971. The molecule has 24 heavy (non-hydrogen) atoms. The third kappa shape index (κ3) is 1.93. The average molecular weight is 386 g/mol. The standard InChI is InChI=1S/C20H20BrNO2/c1-20(2)15-10-12(24-4)6-8-13(15)18(23)17-14-7-5-11(21)9-16(14)22(3)19(17)20/h5-10,18,23H,1-4H3. The highest BCUT2D eigenvalue weighted by molar-refractivity contribution is 9.10. The Labute approximate surface area is 150 Å². The molecule has 0 spiro atoms. The Morgan fingerprint density at radius 3 is 2.62 bits per heavy atom. The maximum absolute atomic E-state index is 11.1. The van der Waals surface area contributed by atoms with Crippen LogP contribution in [0.1, 0.15) is 42.3 Å². The lowest BCUT2D eigenvalue weighted by atomic mass is 9.70. The molecule has 0 radical (unpaired) electrons. The highest BCUT2D eigenvalue weighted by atomic mass is 79.9. The Balaban J connectivity index is 2.10. The fourth-order valence-electron chi connectivity index (χ4n) is 4.20. The minimum atomic E-state index is -0.626. The number of rotatable bonds is 1. The maximum atomic E-state index is 11.1. The summed E-state index contributed by atoms with van der Waals surface area (Å²) in [6.07, 6.45) is -0.626. The summed E-state index contributed by atoms with van der Waals surface area (Å²) >= 11 is 3.56. The van der Waals surface area contributed by atoms with Gasteiger partial charge in [-0.3, -0.25) is 0 Å². The van der Waals surface area contributed by atoms with E-state index in [2.05, 4.69) is 59.6 Å². The molecule has 4 heteroatoms. The van der Waals surface area contributed by atoms with Crippen molar-refractivity contribution in [3.8, 4) is 5.75 Å². The quantitative estimate of drug-likeness (QED) is 0.660. The highest BCUT2D eigenvalue weighted by Crippen LogP contribution is 2.50. The summed E-state index contributed by atoms with van der Waals surface area (Å²) in [5.74, 6) is 0.819. The number of ether oxygens (including phenoxy) is 1. The first-order chi connectivity index (χ1) is 11.4. The fourth-order valence-corrected chi connectivity index (χ4v) is 4.55. The van der Waals surface area contributed by atoms with E-state index in [1.807, 2.05) is 18.2 Å². The van der Waals surface area contributed by atoms with Crippen LogP contribution in [0.25, 0.3) is 10.9 Å². The molecule has 1 unspecified atom stereocenters. The zero-order valence-electron chi connectivity index (χ0n) is 14.2. The van der Waals surface area contributed by atoms with Crippen LogP contribution in [-0.4, -0.2) is 16.8 Å². The summed E-state index contributed by atoms with van der Waals surface area (Å²) in [4.78, 5) is 0. The van der Waals surface area contributed by atoms with Crippen LogP contribution in [0, 0.1) is 0 Å². The smallest absolute Gasteiger partial charge is 0.119 e. The molecule has 0 amide bonds. The molecule has 4 rings (SSSR count). The van der Waals surface area contributed by atoms with Gasteiger partial charge in [-0.05, 0) is 35.4 Å². The second-order valence-corrected chi connectivity index (χ2v) is 7.88. The van der Waals surface area contributed by atoms with Crippen molar-refractivity contribution in [3.63, 3.8) is 0 Å². The number of aromatic nitrogens is 1. The molecule has 1 aromatic heterocycles. The molecule has 0 saturated heterocycles. The van der Waals surface area contributed by atoms with Gasteiger partial charge < -0.3 is 14.4 Å². The van der Waals surface area contributed by atoms with Crippen LogP contribution >= 0.6 is 15.9 Å². The van der Waals surface area contributed by atoms with Gasteiger partial charge in [-0.1, -0.05) is 41.9 Å². The number of methoxy groups -OCH3 is 1. The van der Waals surface area contributed by atoms with E-state index < -0.39 is 6.10 Å². The number of aryl methyl sites for hydroxylation is 1. The molecule has 3 nitrogen and oxygen atoms in total. The van der Waals surface area contributed by atoms with E-state index in [9.17, 15) is 5.11 Å². The van der Waals surface area contributed by atoms with E-state index in [1.54, 1.807) is 7.11 Å². The van der Waals surface area contributed by atoms with Gasteiger partial charge in [0.25, 0.3) is 0 Å². The number of fused-ring (bicyclic) bond motifs is 4. The summed E-state index contributed by atoms with van der Waals surface area (Å²) in [5, 5.41) is 12.2. The Hall–Kier alpha value is -1.78. The second kappa shape index (κ2) is 5.11. The topological polar surface area (TPSA) is 34.4 Å². The predicted molar refractivity (Wildman–Crippen MR) is 99.8 cm³/mol. The molecule has 2 aromatic carbocycles. The zero-order chi connectivity index (χ0) is 17.2. The molecule has 0 saturated carbocycles. The number of aliphatic hydroxyl groups excluding tert-OH is 1. The van der Waals surface area contributed by atoms with Crippen LogP contribution in [0.3, 0.4) is 0 Å². The van der Waals surface area contributed by atoms with E-state index in [0.717, 1.165) is 43.5 Å². The SMILES string of the molecule is COc1ccc2c(c1)C(C)(C)c1c(c3ccc(Br)cc3n1C)C2O. The van der Waals surface area contributed by atoms with Crippen molar-refractivity contribution < 1.29 is 9.84 Å². The van der Waals surface area contributed by atoms with Gasteiger partial charge in [0.05, 0.1) is 7.11 Å². The lowest BCUT2D eigenvalue weighted by Crippen LogP contribution is -2.31. The molecule has 0 aliphatic heterocycles. The first kappa shape index (κ1) is 15.7. The van der Waals surface area contributed by atoms with Crippen LogP contribution in [0.4, 0.5) is 0 Å². The van der Waals surface area contributed by atoms with E-state index in [0.29, 0.717) is 0 Å². The van der Waals surface area contributed by atoms with Gasteiger partial charge in [0, 0.05) is 39.1 Å². The normalized spacial score (nSPS) is 18.3. The summed E-state index contributed by atoms with van der Waals surface area (Å²) in [5.41, 5.74) is 5.15. The third-order valence-electron chi connectivity index (χ3n) is 5.30. The van der Waals surface area contributed by atoms with Crippen LogP contribution < -0.4 is 4.74 Å². The molecule has 3 aromatic rings. The van der Waals surface area contributed by atoms with E-state index in [-0.39, 0.29) is 5.41 Å². The van der Waals surface area contributed by atoms with Crippen molar-refractivity contribution in [2.45, 2.75) is 25.4 Å². The summed E-state index contributed by atoms with van der Waals surface area (Å²) in [6, 6.07) is 12.2. The molecule has 1 aliphatic rings. The maximum Gasteiger partial charge on any atom is 0.119 e. The van der Waals surface area contributed by atoms with Crippen LogP contribution in [-0.2, 0) is 12.5 Å². The van der Waals surface area contributed by atoms with Gasteiger partial charge in [0.2, 0.25) is 0 Å². The molecule has 1 aliphatic carbocycles. The summed E-state index contributed by atoms with van der Waals surface area (Å²) in [6.45, 7) is 4.42. The first-order valence-corrected chi connectivity index (χ1v) is 8.80. The zero-order valence-corrected chi connectivity index (χ0v) is 15.8. The van der Waals surface area contributed by atoms with E-state index in [4.69, 9.17) is 4.74 Å². The highest BCUT2D eigenvalue weighted by Gasteiger charge is 2.41. The second-order valence-electron chi connectivity index (χ2n) is 6.96. The van der Waals surface area contributed by atoms with Crippen LogP contribution in [0.15, 0.2) is 40.9 Å². The summed E-state index contributed by atoms with van der Waals surface area (Å²) in [7, 11) is 3.75. The first-order valence-electron chi connectivity index (χ1n) is 8.01. The van der Waals surface area contributed by atoms with Gasteiger partial charge in [0.15, 0.2) is 0 Å². The largest absolute Gasteiger partial charge is 0.497 e. The Morgan fingerprint density at radius 2 is 1.92 bits per heavy atom. The summed E-state index contributed by atoms with van der Waals surface area (Å²) < 4.78 is 8.66. The van der Waals surface area contributed by atoms with Crippen molar-refractivity contribution in [1.82, 2.24) is 4.57 Å². The van der Waals surface area contributed by atoms with E-state index >= 15 is 0 Å². The number of hydrogen-bond donors (Lipinski definition) is 1. The number of halogens is 1. The van der Waals surface area contributed by atoms with Gasteiger partial charge in [0.1, 0.15) is 11.9 Å². The number of aliphatic hydroxyl groups is 1. The molecule has 0 fully saturated rings. The van der Waals surface area contributed by atoms with Crippen LogP contribution in [0.5, 0.6) is 5.75 Å². The van der Waals surface area contributed by atoms with Gasteiger partial charge >= 0.3 is 0 Å². The van der Waals surface area contributed by atoms with Gasteiger partial charge in [-0.15, -0.1) is 0 Å². The third-order valence-corrected chi connectivity index (χ3v) is 5.79. The van der Waals surface area contributed by atoms with Crippen molar-refractivity contribution in [3.05, 3.63) is 63.3 Å². The molecular weight excluding hydrogens is 366 g/mol. The van der Waals surface area contributed by atoms with Crippen molar-refractivity contribution in [2.24, 2.45) is 7.05 Å². The van der Waals surface area contributed by atoms with Crippen LogP contribution in [0.2, 0.25) is 0 Å².